The fourth-order valence-electron chi connectivity index (χ4n) is 2.48. The molecule has 1 aliphatic rings. The van der Waals surface area contributed by atoms with Gasteiger partial charge in [-0.25, -0.2) is 0 Å². The molecule has 0 N–H and O–H groups in total. The molecule has 0 fully saturated rings. The monoisotopic (exact) mass is 357 g/mol. The molecular weight excluding hydrogens is 341 g/mol. The lowest BCUT2D eigenvalue weighted by Gasteiger charge is -2.27. The maximum Gasteiger partial charge on any atom is 0.119 e. The van der Waals surface area contributed by atoms with Crippen LogP contribution in [0.3, 0.4) is 0 Å². The van der Waals surface area contributed by atoms with Crippen molar-refractivity contribution < 1.29 is 0 Å². The molecule has 3 nitrogen and oxygen atoms in total. The zero-order chi connectivity index (χ0) is 14.1. The van der Waals surface area contributed by atoms with Crippen LogP contribution in [0.5, 0.6) is 0 Å². The number of rotatable bonds is 1. The van der Waals surface area contributed by atoms with Crippen molar-refractivity contribution in [3.8, 4) is 0 Å². The number of benzene rings is 1. The first kappa shape index (κ1) is 18.8. The molecule has 6 heteroatoms. The Morgan fingerprint density at radius 1 is 1.09 bits per heavy atom. The first-order valence-electron chi connectivity index (χ1n) is 6.59. The van der Waals surface area contributed by atoms with Crippen molar-refractivity contribution in [3.63, 3.8) is 0 Å². The predicted octanol–water partition coefficient (Wildman–Crippen LogP) is 4.18. The number of nitrogens with zero attached hydrogens (tertiary/aromatic N) is 3. The average molecular weight is 359 g/mol. The molecule has 1 aliphatic heterocycles. The summed E-state index contributed by atoms with van der Waals surface area (Å²) < 4.78 is 0. The predicted molar refractivity (Wildman–Crippen MR) is 96.9 cm³/mol. The fourth-order valence-corrected chi connectivity index (χ4v) is 2.73. The summed E-state index contributed by atoms with van der Waals surface area (Å²) in [4.78, 5) is 11.4. The van der Waals surface area contributed by atoms with Crippen molar-refractivity contribution in [3.05, 3.63) is 64.4 Å². The summed E-state index contributed by atoms with van der Waals surface area (Å²) in [5.74, 6) is 1.03. The lowest BCUT2D eigenvalue weighted by atomic mass is 9.92. The molecule has 22 heavy (non-hydrogen) atoms. The first-order valence-corrected chi connectivity index (χ1v) is 6.97. The van der Waals surface area contributed by atoms with Crippen LogP contribution < -0.4 is 0 Å². The first-order chi connectivity index (χ1) is 9.66. The van der Waals surface area contributed by atoms with Crippen molar-refractivity contribution in [1.29, 1.82) is 0 Å². The van der Waals surface area contributed by atoms with Gasteiger partial charge in [-0.2, -0.15) is 0 Å². The van der Waals surface area contributed by atoms with E-state index in [4.69, 9.17) is 16.6 Å². The van der Waals surface area contributed by atoms with Crippen LogP contribution in [0.2, 0.25) is 5.02 Å². The number of aromatic nitrogens is 1. The van der Waals surface area contributed by atoms with Gasteiger partial charge in [0.2, 0.25) is 0 Å². The SMILES string of the molecule is CN(C)C1=NC(c2ccccn2)c2cccc(Cl)c2C1.Cl.Cl. The summed E-state index contributed by atoms with van der Waals surface area (Å²) in [5.41, 5.74) is 3.26. The van der Waals surface area contributed by atoms with Gasteiger partial charge in [0, 0.05) is 31.7 Å². The minimum atomic E-state index is -0.0731. The molecule has 0 saturated carbocycles. The molecule has 0 bridgehead atoms. The Hall–Kier alpha value is -1.29. The van der Waals surface area contributed by atoms with Gasteiger partial charge in [-0.15, -0.1) is 24.8 Å². The molecule has 0 saturated heterocycles. The molecule has 0 spiro atoms. The van der Waals surface area contributed by atoms with E-state index in [1.54, 1.807) is 6.20 Å². The van der Waals surface area contributed by atoms with Crippen LogP contribution in [0.25, 0.3) is 0 Å². The van der Waals surface area contributed by atoms with E-state index in [1.807, 2.05) is 49.3 Å². The van der Waals surface area contributed by atoms with E-state index in [9.17, 15) is 0 Å². The van der Waals surface area contributed by atoms with Gasteiger partial charge in [-0.05, 0) is 29.3 Å². The highest BCUT2D eigenvalue weighted by molar-refractivity contribution is 6.31. The topological polar surface area (TPSA) is 28.5 Å². The lowest BCUT2D eigenvalue weighted by Crippen LogP contribution is -2.29. The van der Waals surface area contributed by atoms with Gasteiger partial charge in [-0.3, -0.25) is 9.98 Å². The number of fused-ring (bicyclic) bond motifs is 1. The average Bonchev–Trinajstić information content (AvgIpc) is 2.47. The van der Waals surface area contributed by atoms with Gasteiger partial charge in [0.05, 0.1) is 5.69 Å². The Balaban J connectivity index is 0.00000121. The fraction of sp³-hybridized carbons (Fsp3) is 0.250. The quantitative estimate of drug-likeness (QED) is 0.765. The molecule has 3 rings (SSSR count). The molecule has 1 atom stereocenters. The maximum atomic E-state index is 6.37. The Morgan fingerprint density at radius 3 is 2.50 bits per heavy atom. The number of likely N-dealkylation sites (N-methyl/N-ethyl adjacent to an activating group) is 1. The molecule has 118 valence electrons. The molecule has 2 aromatic rings. The summed E-state index contributed by atoms with van der Waals surface area (Å²) in [6, 6.07) is 11.9. The number of aliphatic imine (C=N–C) groups is 1. The Morgan fingerprint density at radius 2 is 1.86 bits per heavy atom. The van der Waals surface area contributed by atoms with E-state index in [0.29, 0.717) is 0 Å². The standard InChI is InChI=1S/C16H16ClN3.2ClH/c1-20(2)15-10-12-11(6-5-7-13(12)17)16(19-15)14-8-3-4-9-18-14;;/h3-9,16H,10H2,1-2H3;2*1H. The number of halogens is 3. The molecule has 1 aromatic carbocycles. The largest absolute Gasteiger partial charge is 0.366 e. The molecule has 0 radical (unpaired) electrons. The summed E-state index contributed by atoms with van der Waals surface area (Å²) in [5, 5.41) is 0.803. The molecule has 1 aromatic heterocycles. The van der Waals surface area contributed by atoms with Crippen LogP contribution >= 0.6 is 36.4 Å². The summed E-state index contributed by atoms with van der Waals surface area (Å²) in [6.07, 6.45) is 2.57. The van der Waals surface area contributed by atoms with Gasteiger partial charge in [0.25, 0.3) is 0 Å². The van der Waals surface area contributed by atoms with E-state index >= 15 is 0 Å². The third-order valence-electron chi connectivity index (χ3n) is 3.55. The third-order valence-corrected chi connectivity index (χ3v) is 3.90. The van der Waals surface area contributed by atoms with Crippen LogP contribution in [0.15, 0.2) is 47.6 Å². The van der Waals surface area contributed by atoms with Gasteiger partial charge >= 0.3 is 0 Å². The van der Waals surface area contributed by atoms with Crippen molar-refractivity contribution in [2.45, 2.75) is 12.5 Å². The number of pyridine rings is 1. The van der Waals surface area contributed by atoms with Crippen LogP contribution in [0.4, 0.5) is 0 Å². The maximum absolute atomic E-state index is 6.37. The van der Waals surface area contributed by atoms with Crippen LogP contribution in [-0.4, -0.2) is 29.8 Å². The number of amidine groups is 1. The Kier molecular flexibility index (Phi) is 6.66. The third kappa shape index (κ3) is 3.54. The second-order valence-electron chi connectivity index (χ2n) is 5.08. The van der Waals surface area contributed by atoms with Crippen LogP contribution in [0, 0.1) is 0 Å². The highest BCUT2D eigenvalue weighted by Gasteiger charge is 2.26. The van der Waals surface area contributed by atoms with E-state index in [-0.39, 0.29) is 30.9 Å². The molecule has 2 heterocycles. The van der Waals surface area contributed by atoms with E-state index in [0.717, 1.165) is 34.1 Å². The summed E-state index contributed by atoms with van der Waals surface area (Å²) >= 11 is 6.37. The van der Waals surface area contributed by atoms with Crippen LogP contribution in [0.1, 0.15) is 22.9 Å². The summed E-state index contributed by atoms with van der Waals surface area (Å²) in [6.45, 7) is 0. The zero-order valence-electron chi connectivity index (χ0n) is 12.4. The van der Waals surface area contributed by atoms with Gasteiger partial charge < -0.3 is 4.90 Å². The van der Waals surface area contributed by atoms with Crippen LogP contribution in [-0.2, 0) is 6.42 Å². The number of hydrogen-bond acceptors (Lipinski definition) is 3. The Labute approximate surface area is 148 Å². The molecule has 0 amide bonds. The minimum Gasteiger partial charge on any atom is -0.366 e. The van der Waals surface area contributed by atoms with Crippen molar-refractivity contribution in [1.82, 2.24) is 9.88 Å². The lowest BCUT2D eigenvalue weighted by molar-refractivity contribution is 0.590. The van der Waals surface area contributed by atoms with Crippen molar-refractivity contribution >= 4 is 42.3 Å². The van der Waals surface area contributed by atoms with Gasteiger partial charge in [-0.1, -0.05) is 29.8 Å². The molecule has 0 aliphatic carbocycles. The van der Waals surface area contributed by atoms with Crippen molar-refractivity contribution in [2.24, 2.45) is 4.99 Å². The zero-order valence-corrected chi connectivity index (χ0v) is 14.8. The minimum absolute atomic E-state index is 0. The molecular formula is C16H18Cl3N3. The summed E-state index contributed by atoms with van der Waals surface area (Å²) in [7, 11) is 4.02. The highest BCUT2D eigenvalue weighted by atomic mass is 35.5. The van der Waals surface area contributed by atoms with Gasteiger partial charge in [0.15, 0.2) is 0 Å². The highest BCUT2D eigenvalue weighted by Crippen LogP contribution is 2.35. The van der Waals surface area contributed by atoms with E-state index in [1.165, 1.54) is 0 Å². The second-order valence-corrected chi connectivity index (χ2v) is 5.49. The number of hydrogen-bond donors (Lipinski definition) is 0. The van der Waals surface area contributed by atoms with Gasteiger partial charge in [0.1, 0.15) is 11.9 Å². The van der Waals surface area contributed by atoms with Crippen molar-refractivity contribution in [2.75, 3.05) is 14.1 Å². The smallest absolute Gasteiger partial charge is 0.119 e. The second kappa shape index (κ2) is 7.82. The molecule has 1 unspecified atom stereocenters. The van der Waals surface area contributed by atoms with E-state index in [2.05, 4.69) is 11.1 Å². The Bertz CT molecular complexity index is 657. The normalized spacial score (nSPS) is 15.8. The van der Waals surface area contributed by atoms with E-state index < -0.39 is 0 Å².